The van der Waals surface area contributed by atoms with Crippen LogP contribution in [0.4, 0.5) is 9.59 Å². The first-order valence-electron chi connectivity index (χ1n) is 8.62. The van der Waals surface area contributed by atoms with Gasteiger partial charge in [0.1, 0.15) is 0 Å². The Kier molecular flexibility index (Phi) is 12.4. The molecule has 0 aliphatic carbocycles. The molecule has 0 saturated carbocycles. The quantitative estimate of drug-likeness (QED) is 0.160. The van der Waals surface area contributed by atoms with Crippen LogP contribution in [0.3, 0.4) is 0 Å². The van der Waals surface area contributed by atoms with E-state index in [-0.39, 0.29) is 32.3 Å². The van der Waals surface area contributed by atoms with E-state index >= 15 is 0 Å². The van der Waals surface area contributed by atoms with Crippen LogP contribution in [-0.2, 0) is 37.4 Å². The summed E-state index contributed by atoms with van der Waals surface area (Å²) >= 11 is 0. The number of rotatable bonds is 12. The number of hydrogen-bond acceptors (Lipinski definition) is 11. The van der Waals surface area contributed by atoms with Gasteiger partial charge in [-0.05, 0) is 34.1 Å². The summed E-state index contributed by atoms with van der Waals surface area (Å²) in [5.74, 6) is -0.602. The van der Waals surface area contributed by atoms with Gasteiger partial charge in [-0.2, -0.15) is 0 Å². The fourth-order valence-electron chi connectivity index (χ4n) is 1.77. The first-order chi connectivity index (χ1) is 13.0. The molecule has 0 fully saturated rings. The van der Waals surface area contributed by atoms with Gasteiger partial charge < -0.3 is 18.9 Å². The molecule has 12 nitrogen and oxygen atoms in total. The Bertz CT molecular complexity index is 524. The van der Waals surface area contributed by atoms with Gasteiger partial charge in [-0.15, -0.1) is 0 Å². The van der Waals surface area contributed by atoms with Crippen LogP contribution in [0.1, 0.15) is 41.0 Å². The van der Waals surface area contributed by atoms with Crippen molar-refractivity contribution in [3.05, 3.63) is 0 Å². The third kappa shape index (κ3) is 11.8. The van der Waals surface area contributed by atoms with E-state index in [2.05, 4.69) is 9.47 Å². The van der Waals surface area contributed by atoms with E-state index in [0.29, 0.717) is 5.06 Å². The summed E-state index contributed by atoms with van der Waals surface area (Å²) in [5, 5.41) is 9.82. The molecule has 0 radical (unpaired) electrons. The van der Waals surface area contributed by atoms with Gasteiger partial charge in [-0.25, -0.2) is 14.7 Å². The Morgan fingerprint density at radius 3 is 1.75 bits per heavy atom. The first kappa shape index (κ1) is 26.1. The van der Waals surface area contributed by atoms with Gasteiger partial charge in [0.15, 0.2) is 0 Å². The van der Waals surface area contributed by atoms with Crippen molar-refractivity contribution in [1.82, 2.24) is 5.06 Å². The average molecular weight is 429 g/mol. The van der Waals surface area contributed by atoms with Gasteiger partial charge in [-0.1, -0.05) is 0 Å². The van der Waals surface area contributed by atoms with Gasteiger partial charge in [-0.3, -0.25) is 23.6 Å². The maximum Gasteiger partial charge on any atom is 0.510 e. The second kappa shape index (κ2) is 13.3. The van der Waals surface area contributed by atoms with Crippen LogP contribution < -0.4 is 0 Å². The van der Waals surface area contributed by atoms with Crippen LogP contribution >= 0.6 is 7.60 Å². The minimum atomic E-state index is -3.98. The molecule has 0 heterocycles. The molecule has 1 N–H and O–H groups in total. The van der Waals surface area contributed by atoms with E-state index < -0.39 is 38.4 Å². The van der Waals surface area contributed by atoms with Gasteiger partial charge in [0, 0.05) is 13.5 Å². The lowest BCUT2D eigenvalue weighted by molar-refractivity contribution is -0.162. The van der Waals surface area contributed by atoms with E-state index in [9.17, 15) is 24.2 Å². The number of amides is 1. The summed E-state index contributed by atoms with van der Waals surface area (Å²) in [6, 6.07) is 0. The lowest BCUT2D eigenvalue weighted by Gasteiger charge is -2.25. The van der Waals surface area contributed by atoms with Crippen LogP contribution in [0.25, 0.3) is 0 Å². The molecule has 13 heteroatoms. The van der Waals surface area contributed by atoms with Crippen molar-refractivity contribution in [2.75, 3.05) is 25.9 Å². The Morgan fingerprint density at radius 1 is 0.964 bits per heavy atom. The van der Waals surface area contributed by atoms with E-state index in [4.69, 9.17) is 18.5 Å². The van der Waals surface area contributed by atoms with E-state index in [1.807, 2.05) is 0 Å². The van der Waals surface area contributed by atoms with Crippen molar-refractivity contribution in [3.63, 3.8) is 0 Å². The fraction of sp³-hybridized carbons (Fsp3) is 0.800. The normalized spacial score (nSPS) is 14.9. The minimum absolute atomic E-state index is 0.0195. The summed E-state index contributed by atoms with van der Waals surface area (Å²) in [6.45, 7) is 6.87. The summed E-state index contributed by atoms with van der Waals surface area (Å²) in [4.78, 5) is 33.7. The van der Waals surface area contributed by atoms with Crippen molar-refractivity contribution in [3.8, 4) is 0 Å². The summed E-state index contributed by atoms with van der Waals surface area (Å²) in [5.41, 5.74) is 0. The number of ether oxygens (including phenoxy) is 4. The van der Waals surface area contributed by atoms with Gasteiger partial charge in [0.05, 0.1) is 19.4 Å². The monoisotopic (exact) mass is 429 g/mol. The molecule has 0 spiro atoms. The fourth-order valence-corrected chi connectivity index (χ4v) is 3.55. The zero-order valence-corrected chi connectivity index (χ0v) is 17.5. The molecule has 0 saturated heterocycles. The summed E-state index contributed by atoms with van der Waals surface area (Å²) in [6.07, 6.45) is -4.93. The number of carbonyl (C=O) groups is 3. The molecule has 0 aliphatic heterocycles. The smallest absolute Gasteiger partial charge is 0.435 e. The lowest BCUT2D eigenvalue weighted by atomic mass is 10.4. The molecule has 0 rings (SSSR count). The molecule has 28 heavy (non-hydrogen) atoms. The molecule has 0 aliphatic rings. The number of nitrogens with zero attached hydrogens (tertiary/aromatic N) is 1. The molecule has 0 aromatic heterocycles. The molecule has 2 unspecified atom stereocenters. The number of hydrogen-bond donors (Lipinski definition) is 1. The second-order valence-electron chi connectivity index (χ2n) is 5.28. The minimum Gasteiger partial charge on any atom is -0.435 e. The van der Waals surface area contributed by atoms with E-state index in [1.54, 1.807) is 13.8 Å². The standard InChI is InChI=1S/C15H28NO11P/c1-6-22-14(18)24-12(4)26-28(21,10-8-9-16(20)11(3)17)27-13(5)25-15(19)23-7-2/h12-13,20H,6-10H2,1-5H3. The zero-order valence-electron chi connectivity index (χ0n) is 16.6. The Morgan fingerprint density at radius 2 is 1.39 bits per heavy atom. The highest BCUT2D eigenvalue weighted by atomic mass is 31.2. The van der Waals surface area contributed by atoms with Crippen molar-refractivity contribution >= 4 is 25.8 Å². The maximum atomic E-state index is 13.0. The highest BCUT2D eigenvalue weighted by Crippen LogP contribution is 2.51. The van der Waals surface area contributed by atoms with Gasteiger partial charge in [0.25, 0.3) is 0 Å². The van der Waals surface area contributed by atoms with Crippen LogP contribution in [0.15, 0.2) is 0 Å². The highest BCUT2D eigenvalue weighted by molar-refractivity contribution is 7.53. The molecule has 0 aromatic carbocycles. The number of hydroxylamine groups is 2. The van der Waals surface area contributed by atoms with Crippen LogP contribution in [0.2, 0.25) is 0 Å². The third-order valence-corrected chi connectivity index (χ3v) is 4.93. The molecular weight excluding hydrogens is 401 g/mol. The van der Waals surface area contributed by atoms with Crippen LogP contribution in [-0.4, -0.2) is 67.0 Å². The largest absolute Gasteiger partial charge is 0.510 e. The van der Waals surface area contributed by atoms with Crippen molar-refractivity contribution in [2.45, 2.75) is 53.6 Å². The highest BCUT2D eigenvalue weighted by Gasteiger charge is 2.32. The Hall–Kier alpha value is -1.88. The second-order valence-corrected chi connectivity index (χ2v) is 7.37. The molecular formula is C15H28NO11P. The van der Waals surface area contributed by atoms with Crippen LogP contribution in [0, 0.1) is 0 Å². The lowest BCUT2D eigenvalue weighted by Crippen LogP contribution is -2.27. The average Bonchev–Trinajstić information content (AvgIpc) is 2.53. The van der Waals surface area contributed by atoms with Crippen molar-refractivity contribution < 1.29 is 52.2 Å². The zero-order chi connectivity index (χ0) is 21.7. The molecule has 2 atom stereocenters. The van der Waals surface area contributed by atoms with Gasteiger partial charge >= 0.3 is 19.9 Å². The predicted molar refractivity (Wildman–Crippen MR) is 93.6 cm³/mol. The molecule has 1 amide bonds. The Labute approximate surface area is 163 Å². The topological polar surface area (TPSA) is 147 Å². The number of carbonyl (C=O) groups excluding carboxylic acids is 3. The summed E-state index contributed by atoms with van der Waals surface area (Å²) < 4.78 is 42.1. The van der Waals surface area contributed by atoms with Crippen LogP contribution in [0.5, 0.6) is 0 Å². The van der Waals surface area contributed by atoms with Crippen molar-refractivity contribution in [1.29, 1.82) is 0 Å². The van der Waals surface area contributed by atoms with Crippen molar-refractivity contribution in [2.24, 2.45) is 0 Å². The van der Waals surface area contributed by atoms with E-state index in [1.165, 1.54) is 13.8 Å². The predicted octanol–water partition coefficient (Wildman–Crippen LogP) is 2.88. The summed E-state index contributed by atoms with van der Waals surface area (Å²) in [7, 11) is -3.98. The SMILES string of the molecule is CCOC(=O)OC(C)OP(=O)(CCCN(O)C(C)=O)OC(C)OC(=O)OCC. The molecule has 164 valence electrons. The molecule has 0 bridgehead atoms. The molecule has 0 aromatic rings. The third-order valence-electron chi connectivity index (χ3n) is 2.83. The maximum absolute atomic E-state index is 13.0. The van der Waals surface area contributed by atoms with E-state index in [0.717, 1.165) is 6.92 Å². The van der Waals surface area contributed by atoms with Gasteiger partial charge in [0.2, 0.25) is 18.5 Å². The first-order valence-corrected chi connectivity index (χ1v) is 10.3. The Balaban J connectivity index is 4.97.